The monoisotopic (exact) mass is 435 g/mol. The summed E-state index contributed by atoms with van der Waals surface area (Å²) in [5.74, 6) is 0.462. The van der Waals surface area contributed by atoms with Crippen LogP contribution in [-0.4, -0.2) is 57.1 Å². The van der Waals surface area contributed by atoms with Gasteiger partial charge < -0.3 is 15.1 Å². The zero-order chi connectivity index (χ0) is 22.7. The van der Waals surface area contributed by atoms with Crippen molar-refractivity contribution in [2.75, 3.05) is 25.0 Å². The fraction of sp³-hybridized carbons (Fsp3) is 0.458. The van der Waals surface area contributed by atoms with Crippen molar-refractivity contribution >= 4 is 23.4 Å². The van der Waals surface area contributed by atoms with Gasteiger partial charge in [0.25, 0.3) is 5.91 Å². The van der Waals surface area contributed by atoms with Crippen LogP contribution in [-0.2, 0) is 9.59 Å². The van der Waals surface area contributed by atoms with Gasteiger partial charge >= 0.3 is 0 Å². The Morgan fingerprint density at radius 3 is 2.41 bits per heavy atom. The molecule has 0 aliphatic carbocycles. The second-order valence-electron chi connectivity index (χ2n) is 8.52. The van der Waals surface area contributed by atoms with E-state index >= 15 is 0 Å². The molecule has 2 aliphatic heterocycles. The van der Waals surface area contributed by atoms with Crippen LogP contribution < -0.4 is 5.32 Å². The van der Waals surface area contributed by atoms with E-state index in [2.05, 4.69) is 15.3 Å². The molecule has 2 aromatic rings. The molecule has 1 N–H and O–H groups in total. The Morgan fingerprint density at radius 2 is 1.75 bits per heavy atom. The van der Waals surface area contributed by atoms with Crippen molar-refractivity contribution in [3.8, 4) is 0 Å². The zero-order valence-electron chi connectivity index (χ0n) is 18.6. The predicted octanol–water partition coefficient (Wildman–Crippen LogP) is 2.96. The zero-order valence-corrected chi connectivity index (χ0v) is 18.6. The molecule has 1 aromatic heterocycles. The second-order valence-corrected chi connectivity index (χ2v) is 8.52. The maximum atomic E-state index is 13.2. The van der Waals surface area contributed by atoms with Crippen molar-refractivity contribution in [3.05, 3.63) is 53.6 Å². The Morgan fingerprint density at radius 1 is 1.03 bits per heavy atom. The molecule has 3 heterocycles. The van der Waals surface area contributed by atoms with Gasteiger partial charge in [0.15, 0.2) is 5.82 Å². The summed E-state index contributed by atoms with van der Waals surface area (Å²) in [5, 5.41) is 2.86. The van der Waals surface area contributed by atoms with E-state index in [9.17, 15) is 14.4 Å². The van der Waals surface area contributed by atoms with Crippen LogP contribution in [0.2, 0.25) is 0 Å². The second kappa shape index (κ2) is 9.46. The lowest BCUT2D eigenvalue weighted by molar-refractivity contribution is -0.141. The minimum absolute atomic E-state index is 0.0650. The fourth-order valence-corrected chi connectivity index (χ4v) is 4.56. The minimum Gasteiger partial charge on any atom is -0.343 e. The molecule has 4 rings (SSSR count). The molecule has 1 unspecified atom stereocenters. The molecule has 8 nitrogen and oxygen atoms in total. The highest BCUT2D eigenvalue weighted by molar-refractivity contribution is 6.04. The largest absolute Gasteiger partial charge is 0.343 e. The average molecular weight is 436 g/mol. The molecule has 2 aliphatic rings. The minimum atomic E-state index is -0.253. The number of carbonyl (C=O) groups is 3. The van der Waals surface area contributed by atoms with Gasteiger partial charge in [0.1, 0.15) is 0 Å². The number of hydrogen-bond donors (Lipinski definition) is 1. The van der Waals surface area contributed by atoms with Crippen molar-refractivity contribution in [2.24, 2.45) is 5.92 Å². The van der Waals surface area contributed by atoms with E-state index in [0.717, 1.165) is 12.8 Å². The number of anilines is 1. The summed E-state index contributed by atoms with van der Waals surface area (Å²) in [4.78, 5) is 50.2. The van der Waals surface area contributed by atoms with E-state index in [1.54, 1.807) is 24.9 Å². The Kier molecular flexibility index (Phi) is 6.48. The van der Waals surface area contributed by atoms with Crippen molar-refractivity contribution in [1.29, 1.82) is 0 Å². The van der Waals surface area contributed by atoms with Crippen molar-refractivity contribution in [3.63, 3.8) is 0 Å². The summed E-state index contributed by atoms with van der Waals surface area (Å²) in [6, 6.07) is 9.09. The van der Waals surface area contributed by atoms with E-state index in [1.165, 1.54) is 0 Å². The number of aromatic nitrogens is 2. The van der Waals surface area contributed by atoms with E-state index in [-0.39, 0.29) is 29.7 Å². The molecule has 0 spiro atoms. The number of aryl methyl sites for hydroxylation is 1. The van der Waals surface area contributed by atoms with Gasteiger partial charge in [-0.15, -0.1) is 0 Å². The Bertz CT molecular complexity index is 1000. The van der Waals surface area contributed by atoms with Crippen LogP contribution in [0.1, 0.15) is 60.5 Å². The van der Waals surface area contributed by atoms with Gasteiger partial charge in [0, 0.05) is 44.4 Å². The first-order chi connectivity index (χ1) is 15.4. The molecule has 1 atom stereocenters. The molecular weight excluding hydrogens is 406 g/mol. The summed E-state index contributed by atoms with van der Waals surface area (Å²) < 4.78 is 0. The SMILES string of the molecule is CC(=O)N1CCC(C(=O)N2CCCC2c2ncc(C(=O)Nc3ccccc3)c(C)n2)CC1. The normalized spacial score (nSPS) is 19.1. The number of rotatable bonds is 4. The van der Waals surface area contributed by atoms with Crippen LogP contribution in [0, 0.1) is 12.8 Å². The van der Waals surface area contributed by atoms with Crippen LogP contribution in [0.4, 0.5) is 5.69 Å². The third-order valence-corrected chi connectivity index (χ3v) is 6.40. The van der Waals surface area contributed by atoms with Gasteiger partial charge in [-0.05, 0) is 44.7 Å². The van der Waals surface area contributed by atoms with Gasteiger partial charge in [0.05, 0.1) is 17.3 Å². The molecule has 0 bridgehead atoms. The van der Waals surface area contributed by atoms with Crippen LogP contribution in [0.5, 0.6) is 0 Å². The average Bonchev–Trinajstić information content (AvgIpc) is 3.29. The number of benzene rings is 1. The molecular formula is C24H29N5O3. The molecule has 3 amide bonds. The van der Waals surface area contributed by atoms with Crippen LogP contribution in [0.25, 0.3) is 0 Å². The molecule has 2 saturated heterocycles. The fourth-order valence-electron chi connectivity index (χ4n) is 4.56. The highest BCUT2D eigenvalue weighted by Gasteiger charge is 2.37. The van der Waals surface area contributed by atoms with E-state index < -0.39 is 0 Å². The first-order valence-electron chi connectivity index (χ1n) is 11.2. The van der Waals surface area contributed by atoms with Gasteiger partial charge in [-0.1, -0.05) is 18.2 Å². The summed E-state index contributed by atoms with van der Waals surface area (Å²) in [7, 11) is 0. The van der Waals surface area contributed by atoms with Gasteiger partial charge in [-0.25, -0.2) is 9.97 Å². The van der Waals surface area contributed by atoms with Crippen molar-refractivity contribution in [1.82, 2.24) is 19.8 Å². The topological polar surface area (TPSA) is 95.5 Å². The standard InChI is InChI=1S/C24H29N5O3/c1-16-20(23(31)27-19-7-4-3-5-8-19)15-25-22(26-16)21-9-6-12-29(21)24(32)18-10-13-28(14-11-18)17(2)30/h3-5,7-8,15,18,21H,6,9-14H2,1-2H3,(H,27,31). The quantitative estimate of drug-likeness (QED) is 0.797. The maximum Gasteiger partial charge on any atom is 0.259 e. The third-order valence-electron chi connectivity index (χ3n) is 6.40. The number of nitrogens with zero attached hydrogens (tertiary/aromatic N) is 4. The number of nitrogens with one attached hydrogen (secondary N) is 1. The number of para-hydroxylation sites is 1. The Hall–Kier alpha value is -3.29. The summed E-state index contributed by atoms with van der Waals surface area (Å²) in [6.45, 7) is 5.32. The Balaban J connectivity index is 1.44. The number of likely N-dealkylation sites (tertiary alicyclic amines) is 2. The highest BCUT2D eigenvalue weighted by Crippen LogP contribution is 2.33. The molecule has 1 aromatic carbocycles. The first kappa shape index (κ1) is 21.9. The number of piperidine rings is 1. The lowest BCUT2D eigenvalue weighted by Crippen LogP contribution is -2.43. The smallest absolute Gasteiger partial charge is 0.259 e. The van der Waals surface area contributed by atoms with Gasteiger partial charge in [-0.2, -0.15) is 0 Å². The first-order valence-corrected chi connectivity index (χ1v) is 11.2. The van der Waals surface area contributed by atoms with E-state index in [4.69, 9.17) is 0 Å². The summed E-state index contributed by atoms with van der Waals surface area (Å²) >= 11 is 0. The lowest BCUT2D eigenvalue weighted by atomic mass is 9.95. The molecule has 0 saturated carbocycles. The van der Waals surface area contributed by atoms with Gasteiger partial charge in [0.2, 0.25) is 11.8 Å². The highest BCUT2D eigenvalue weighted by atomic mass is 16.2. The van der Waals surface area contributed by atoms with Crippen molar-refractivity contribution < 1.29 is 14.4 Å². The molecule has 168 valence electrons. The summed E-state index contributed by atoms with van der Waals surface area (Å²) in [5.41, 5.74) is 1.73. The number of amides is 3. The van der Waals surface area contributed by atoms with Crippen LogP contribution in [0.3, 0.4) is 0 Å². The third kappa shape index (κ3) is 4.64. The van der Waals surface area contributed by atoms with E-state index in [1.807, 2.05) is 35.2 Å². The van der Waals surface area contributed by atoms with E-state index in [0.29, 0.717) is 55.2 Å². The maximum absolute atomic E-state index is 13.2. The lowest BCUT2D eigenvalue weighted by Gasteiger charge is -2.34. The van der Waals surface area contributed by atoms with Gasteiger partial charge in [-0.3, -0.25) is 14.4 Å². The van der Waals surface area contributed by atoms with Crippen LogP contribution >= 0.6 is 0 Å². The number of hydrogen-bond acceptors (Lipinski definition) is 5. The molecule has 8 heteroatoms. The Labute approximate surface area is 188 Å². The van der Waals surface area contributed by atoms with Crippen LogP contribution in [0.15, 0.2) is 36.5 Å². The summed E-state index contributed by atoms with van der Waals surface area (Å²) in [6.07, 6.45) is 4.66. The molecule has 2 fully saturated rings. The molecule has 0 radical (unpaired) electrons. The molecule has 32 heavy (non-hydrogen) atoms. The van der Waals surface area contributed by atoms with Crippen molar-refractivity contribution in [2.45, 2.75) is 45.6 Å². The predicted molar refractivity (Wildman–Crippen MR) is 120 cm³/mol. The number of carbonyl (C=O) groups excluding carboxylic acids is 3.